The van der Waals surface area contributed by atoms with Crippen LogP contribution in [0.25, 0.3) is 0 Å². The van der Waals surface area contributed by atoms with Crippen molar-refractivity contribution in [2.24, 2.45) is 0 Å². The number of carbonyl (C=O) groups is 3. The van der Waals surface area contributed by atoms with Gasteiger partial charge in [0.2, 0.25) is 5.91 Å². The topological polar surface area (TPSA) is 116 Å². The van der Waals surface area contributed by atoms with Gasteiger partial charge in [0.15, 0.2) is 6.10 Å². The molecule has 7 nitrogen and oxygen atoms in total. The summed E-state index contributed by atoms with van der Waals surface area (Å²) in [4.78, 5) is 33.1. The Morgan fingerprint density at radius 3 is 2.63 bits per heavy atom. The molecule has 4 N–H and O–H groups in total. The van der Waals surface area contributed by atoms with Crippen LogP contribution in [-0.2, 0) is 9.59 Å². The van der Waals surface area contributed by atoms with Crippen molar-refractivity contribution in [2.45, 2.75) is 12.5 Å². The van der Waals surface area contributed by atoms with E-state index in [2.05, 4.69) is 10.6 Å². The maximum absolute atomic E-state index is 11.5. The number of nitrogens with one attached hydrogen (secondary N) is 2. The predicted molar refractivity (Wildman–Crippen MR) is 67.9 cm³/mol. The second-order valence-corrected chi connectivity index (χ2v) is 4.46. The molecule has 0 radical (unpaired) electrons. The highest BCUT2D eigenvalue weighted by atomic mass is 32.1. The molecule has 0 saturated heterocycles. The van der Waals surface area contributed by atoms with Gasteiger partial charge in [0.1, 0.15) is 0 Å². The van der Waals surface area contributed by atoms with Crippen LogP contribution < -0.4 is 10.6 Å². The molecule has 1 heterocycles. The highest BCUT2D eigenvalue weighted by Crippen LogP contribution is 2.04. The quantitative estimate of drug-likeness (QED) is 0.536. The molecule has 0 spiro atoms. The first-order chi connectivity index (χ1) is 9.00. The van der Waals surface area contributed by atoms with E-state index >= 15 is 0 Å². The number of hydrogen-bond acceptors (Lipinski definition) is 5. The molecule has 104 valence electrons. The molecule has 0 bridgehead atoms. The van der Waals surface area contributed by atoms with E-state index in [0.29, 0.717) is 5.56 Å². The fourth-order valence-corrected chi connectivity index (χ4v) is 1.81. The zero-order valence-corrected chi connectivity index (χ0v) is 10.8. The van der Waals surface area contributed by atoms with E-state index in [0.717, 1.165) is 0 Å². The van der Waals surface area contributed by atoms with Crippen LogP contribution in [0.3, 0.4) is 0 Å². The maximum atomic E-state index is 11.5. The molecule has 1 aromatic heterocycles. The average Bonchev–Trinajstić information content (AvgIpc) is 2.89. The van der Waals surface area contributed by atoms with Crippen molar-refractivity contribution >= 4 is 29.1 Å². The Bertz CT molecular complexity index is 446. The summed E-state index contributed by atoms with van der Waals surface area (Å²) in [7, 11) is 0. The van der Waals surface area contributed by atoms with E-state index in [9.17, 15) is 14.4 Å². The molecule has 0 fully saturated rings. The fraction of sp³-hybridized carbons (Fsp3) is 0.364. The molecule has 1 atom stereocenters. The van der Waals surface area contributed by atoms with Gasteiger partial charge in [-0.1, -0.05) is 0 Å². The summed E-state index contributed by atoms with van der Waals surface area (Å²) >= 11 is 1.40. The van der Waals surface area contributed by atoms with Gasteiger partial charge in [-0.3, -0.25) is 9.59 Å². The zero-order valence-electron chi connectivity index (χ0n) is 9.96. The van der Waals surface area contributed by atoms with Gasteiger partial charge in [0.05, 0.1) is 6.54 Å². The monoisotopic (exact) mass is 286 g/mol. The average molecular weight is 286 g/mol. The number of carbonyl (C=O) groups excluding carboxylic acids is 2. The summed E-state index contributed by atoms with van der Waals surface area (Å²) in [5.41, 5.74) is 0.534. The smallest absolute Gasteiger partial charge is 0.334 e. The predicted octanol–water partition coefficient (Wildman–Crippen LogP) is -0.570. The van der Waals surface area contributed by atoms with E-state index < -0.39 is 18.0 Å². The van der Waals surface area contributed by atoms with E-state index in [4.69, 9.17) is 10.2 Å². The Hall–Kier alpha value is -1.93. The van der Waals surface area contributed by atoms with Gasteiger partial charge in [-0.15, -0.1) is 0 Å². The molecular formula is C11H14N2O5S. The first-order valence-corrected chi connectivity index (χ1v) is 6.43. The normalized spacial score (nSPS) is 11.6. The molecule has 0 aliphatic rings. The largest absolute Gasteiger partial charge is 0.479 e. The van der Waals surface area contributed by atoms with E-state index in [1.807, 2.05) is 0 Å². The molecular weight excluding hydrogens is 272 g/mol. The first-order valence-electron chi connectivity index (χ1n) is 5.48. The molecule has 0 aliphatic carbocycles. The molecule has 8 heteroatoms. The van der Waals surface area contributed by atoms with Crippen molar-refractivity contribution in [2.75, 3.05) is 13.1 Å². The minimum atomic E-state index is -1.62. The third-order valence-electron chi connectivity index (χ3n) is 2.20. The number of aliphatic hydroxyl groups excluding tert-OH is 1. The molecule has 19 heavy (non-hydrogen) atoms. The van der Waals surface area contributed by atoms with Crippen molar-refractivity contribution < 1.29 is 24.6 Å². The van der Waals surface area contributed by atoms with Crippen LogP contribution in [0, 0.1) is 0 Å². The fourth-order valence-electron chi connectivity index (χ4n) is 1.17. The molecule has 0 saturated carbocycles. The summed E-state index contributed by atoms with van der Waals surface area (Å²) in [6.07, 6.45) is -1.60. The third kappa shape index (κ3) is 5.49. The first kappa shape index (κ1) is 15.1. The lowest BCUT2D eigenvalue weighted by molar-refractivity contribution is -0.146. The standard InChI is InChI=1S/C11H14N2O5S/c14-8(11(17)18)5-13-9(15)1-3-12-10(16)7-2-4-19-6-7/h2,4,6,8,14H,1,3,5H2,(H,12,16)(H,13,15)(H,17,18)/t8-/m0/s1. The van der Waals surface area contributed by atoms with Gasteiger partial charge >= 0.3 is 5.97 Å². The highest BCUT2D eigenvalue weighted by Gasteiger charge is 2.14. The number of amides is 2. The number of carboxylic acid groups (broad SMARTS) is 1. The number of aliphatic carboxylic acids is 1. The maximum Gasteiger partial charge on any atom is 0.334 e. The van der Waals surface area contributed by atoms with Crippen LogP contribution in [0.15, 0.2) is 16.8 Å². The van der Waals surface area contributed by atoms with Crippen molar-refractivity contribution in [1.82, 2.24) is 10.6 Å². The number of thiophene rings is 1. The SMILES string of the molecule is O=C(CCNC(=O)c1ccsc1)NC[C@H](O)C(=O)O. The zero-order chi connectivity index (χ0) is 14.3. The second kappa shape index (κ2) is 7.49. The molecule has 0 aromatic carbocycles. The molecule has 0 unspecified atom stereocenters. The summed E-state index contributed by atoms with van der Waals surface area (Å²) in [5, 5.41) is 25.6. The molecule has 2 amide bonds. The molecule has 1 rings (SSSR count). The van der Waals surface area contributed by atoms with Crippen molar-refractivity contribution in [1.29, 1.82) is 0 Å². The minimum Gasteiger partial charge on any atom is -0.479 e. The van der Waals surface area contributed by atoms with Crippen LogP contribution in [-0.4, -0.2) is 47.2 Å². The third-order valence-corrected chi connectivity index (χ3v) is 2.88. The van der Waals surface area contributed by atoms with Gasteiger partial charge in [-0.25, -0.2) is 4.79 Å². The Labute approximate surface area is 113 Å². The Balaban J connectivity index is 2.17. The number of hydrogen-bond donors (Lipinski definition) is 4. The van der Waals surface area contributed by atoms with Crippen LogP contribution in [0.1, 0.15) is 16.8 Å². The lowest BCUT2D eigenvalue weighted by Gasteiger charge is -2.08. The molecule has 1 aromatic rings. The van der Waals surface area contributed by atoms with Gasteiger partial charge in [-0.2, -0.15) is 11.3 Å². The Morgan fingerprint density at radius 1 is 1.32 bits per heavy atom. The van der Waals surface area contributed by atoms with Gasteiger partial charge in [-0.05, 0) is 11.4 Å². The lowest BCUT2D eigenvalue weighted by Crippen LogP contribution is -2.38. The second-order valence-electron chi connectivity index (χ2n) is 3.68. The van der Waals surface area contributed by atoms with Gasteiger partial charge < -0.3 is 20.8 Å². The van der Waals surface area contributed by atoms with Crippen LogP contribution in [0.2, 0.25) is 0 Å². The number of aliphatic hydroxyl groups is 1. The summed E-state index contributed by atoms with van der Waals surface area (Å²) in [6.45, 7) is -0.212. The summed E-state index contributed by atoms with van der Waals surface area (Å²) in [6, 6.07) is 1.67. The van der Waals surface area contributed by atoms with E-state index in [1.165, 1.54) is 11.3 Å². The highest BCUT2D eigenvalue weighted by molar-refractivity contribution is 7.08. The van der Waals surface area contributed by atoms with Crippen molar-refractivity contribution in [3.8, 4) is 0 Å². The Kier molecular flexibility index (Phi) is 5.97. The van der Waals surface area contributed by atoms with Crippen molar-refractivity contribution in [3.63, 3.8) is 0 Å². The minimum absolute atomic E-state index is 0.0161. The van der Waals surface area contributed by atoms with E-state index in [-0.39, 0.29) is 25.4 Å². The lowest BCUT2D eigenvalue weighted by atomic mass is 10.3. The summed E-state index contributed by atoms with van der Waals surface area (Å²) < 4.78 is 0. The Morgan fingerprint density at radius 2 is 2.05 bits per heavy atom. The van der Waals surface area contributed by atoms with Crippen LogP contribution >= 0.6 is 11.3 Å². The van der Waals surface area contributed by atoms with Gasteiger partial charge in [0, 0.05) is 23.9 Å². The number of rotatable bonds is 7. The van der Waals surface area contributed by atoms with Gasteiger partial charge in [0.25, 0.3) is 5.91 Å². The van der Waals surface area contributed by atoms with Crippen LogP contribution in [0.4, 0.5) is 0 Å². The van der Waals surface area contributed by atoms with E-state index in [1.54, 1.807) is 16.8 Å². The van der Waals surface area contributed by atoms with Crippen LogP contribution in [0.5, 0.6) is 0 Å². The number of carboxylic acids is 1. The summed E-state index contributed by atoms with van der Waals surface area (Å²) in [5.74, 6) is -2.10. The molecule has 0 aliphatic heterocycles. The van der Waals surface area contributed by atoms with Crippen molar-refractivity contribution in [3.05, 3.63) is 22.4 Å².